The van der Waals surface area contributed by atoms with Crippen LogP contribution >= 0.6 is 0 Å². The minimum atomic E-state index is -0.228. The molecule has 210 valence electrons. The first-order valence-electron chi connectivity index (χ1n) is 14.3. The average molecular weight is 549 g/mol. The fourth-order valence-electron chi connectivity index (χ4n) is 6.76. The number of hydrogen-bond acceptors (Lipinski definition) is 7. The van der Waals surface area contributed by atoms with Gasteiger partial charge in [0.25, 0.3) is 0 Å². The molecule has 6 aliphatic rings. The number of ether oxygens (including phenoxy) is 1. The highest BCUT2D eigenvalue weighted by molar-refractivity contribution is 6.21. The van der Waals surface area contributed by atoms with Crippen LogP contribution in [0, 0.1) is 11.8 Å². The molecule has 0 amide bonds. The third-order valence-electron chi connectivity index (χ3n) is 9.19. The summed E-state index contributed by atoms with van der Waals surface area (Å²) < 4.78 is 4.97. The van der Waals surface area contributed by atoms with Crippen molar-refractivity contribution in [1.29, 1.82) is 0 Å². The summed E-state index contributed by atoms with van der Waals surface area (Å²) in [6.45, 7) is 14.6. The molecular formula is C34H36N4O3. The van der Waals surface area contributed by atoms with Crippen molar-refractivity contribution < 1.29 is 14.6 Å². The maximum Gasteiger partial charge on any atom is 0.305 e. The highest BCUT2D eigenvalue weighted by atomic mass is 16.5. The highest BCUT2D eigenvalue weighted by Gasteiger charge is 2.41. The summed E-state index contributed by atoms with van der Waals surface area (Å²) in [7, 11) is 1.42. The normalized spacial score (nSPS) is 24.9. The lowest BCUT2D eigenvalue weighted by Crippen LogP contribution is -2.16. The predicted molar refractivity (Wildman–Crippen MR) is 163 cm³/mol. The smallest absolute Gasteiger partial charge is 0.305 e. The van der Waals surface area contributed by atoms with E-state index in [0.29, 0.717) is 25.0 Å². The van der Waals surface area contributed by atoms with Crippen LogP contribution in [0.3, 0.4) is 0 Å². The molecule has 1 fully saturated rings. The standard InChI is InChI=1S/C34H36N4O3/c1-8-20-16(3)24-13-26-18(5)22(10-11-31(40)41-7)33(37-26)23-12-30(39)32-19(6)27(38-34(23)32)15-29-21(9-2)17(4)25(36-29)14-28(20)35-24/h9,13-15,18,22,37,39H,2,8,10-12H2,1,3-7H3/t18-,22-/m0/s1. The number of fused-ring (bicyclic) bond motifs is 5. The first-order valence-corrected chi connectivity index (χ1v) is 14.3. The Labute approximate surface area is 241 Å². The molecule has 2 atom stereocenters. The van der Waals surface area contributed by atoms with Crippen LogP contribution in [-0.2, 0) is 9.53 Å². The monoisotopic (exact) mass is 548 g/mol. The SMILES string of the molecule is C=CC1=C(C)C2=NC1=CC1=C(C)C3=C(O)CC(=C4NC(=CC5=NC(=C2)C(CC)=C5C)[C@@H](C)[C@@H]4CCC(=O)OC)C3=N1. The van der Waals surface area contributed by atoms with Gasteiger partial charge < -0.3 is 15.2 Å². The molecule has 0 aromatic carbocycles. The molecule has 7 heteroatoms. The van der Waals surface area contributed by atoms with Gasteiger partial charge in [0.2, 0.25) is 0 Å². The number of methoxy groups -OCH3 is 1. The van der Waals surface area contributed by atoms with Gasteiger partial charge >= 0.3 is 5.97 Å². The molecule has 2 N–H and O–H groups in total. The Morgan fingerprint density at radius 2 is 1.83 bits per heavy atom. The van der Waals surface area contributed by atoms with Gasteiger partial charge in [0.05, 0.1) is 41.3 Å². The largest absolute Gasteiger partial charge is 0.511 e. The Morgan fingerprint density at radius 1 is 1.10 bits per heavy atom. The Hall–Kier alpha value is -4.26. The minimum Gasteiger partial charge on any atom is -0.511 e. The van der Waals surface area contributed by atoms with Gasteiger partial charge in [-0.15, -0.1) is 0 Å². The Kier molecular flexibility index (Phi) is 6.56. The molecule has 0 aromatic heterocycles. The lowest BCUT2D eigenvalue weighted by molar-refractivity contribution is -0.140. The Balaban J connectivity index is 1.60. The number of aliphatic hydroxyl groups is 1. The molecule has 0 unspecified atom stereocenters. The zero-order chi connectivity index (χ0) is 29.2. The number of allylic oxidation sites excluding steroid dienone is 12. The third-order valence-corrected chi connectivity index (χ3v) is 9.19. The van der Waals surface area contributed by atoms with Crippen LogP contribution in [0.1, 0.15) is 60.3 Å². The summed E-state index contributed by atoms with van der Waals surface area (Å²) in [5.41, 5.74) is 14.3. The average Bonchev–Trinajstić information content (AvgIpc) is 3.70. The first kappa shape index (κ1) is 26.9. The van der Waals surface area contributed by atoms with Crippen molar-refractivity contribution in [3.63, 3.8) is 0 Å². The van der Waals surface area contributed by atoms with E-state index >= 15 is 0 Å². The van der Waals surface area contributed by atoms with Gasteiger partial charge in [0.15, 0.2) is 0 Å². The van der Waals surface area contributed by atoms with Gasteiger partial charge in [0.1, 0.15) is 5.76 Å². The number of aliphatic imine (C=N–C) groups is 3. The molecular weight excluding hydrogens is 512 g/mol. The van der Waals surface area contributed by atoms with Crippen molar-refractivity contribution in [3.8, 4) is 0 Å². The summed E-state index contributed by atoms with van der Waals surface area (Å²) in [6, 6.07) is 0. The van der Waals surface area contributed by atoms with E-state index in [1.54, 1.807) is 0 Å². The van der Waals surface area contributed by atoms with Crippen molar-refractivity contribution >= 4 is 23.1 Å². The van der Waals surface area contributed by atoms with E-state index in [9.17, 15) is 9.90 Å². The van der Waals surface area contributed by atoms with Gasteiger partial charge in [-0.3, -0.25) is 4.79 Å². The first-order chi connectivity index (χ1) is 19.7. The van der Waals surface area contributed by atoms with Crippen molar-refractivity contribution in [2.45, 2.75) is 60.3 Å². The predicted octanol–water partition coefficient (Wildman–Crippen LogP) is 6.80. The molecule has 0 saturated carbocycles. The summed E-state index contributed by atoms with van der Waals surface area (Å²) in [5, 5.41) is 14.9. The second kappa shape index (κ2) is 9.98. The molecule has 41 heavy (non-hydrogen) atoms. The van der Waals surface area contributed by atoms with Gasteiger partial charge in [-0.25, -0.2) is 15.0 Å². The fourth-order valence-corrected chi connectivity index (χ4v) is 6.76. The third kappa shape index (κ3) is 4.17. The molecule has 0 radical (unpaired) electrons. The number of carbonyl (C=O) groups excluding carboxylic acids is 1. The molecule has 5 aliphatic heterocycles. The molecule has 1 saturated heterocycles. The number of nitrogens with zero attached hydrogens (tertiary/aromatic N) is 3. The van der Waals surface area contributed by atoms with Crippen LogP contribution in [-0.4, -0.2) is 35.3 Å². The highest BCUT2D eigenvalue weighted by Crippen LogP contribution is 2.46. The maximum atomic E-state index is 12.2. The number of aliphatic hydroxyl groups excluding tert-OH is 1. The molecule has 0 spiro atoms. The van der Waals surface area contributed by atoms with Crippen LogP contribution in [0.25, 0.3) is 0 Å². The van der Waals surface area contributed by atoms with E-state index < -0.39 is 0 Å². The molecule has 7 nitrogen and oxygen atoms in total. The van der Waals surface area contributed by atoms with Crippen LogP contribution in [0.5, 0.6) is 0 Å². The quantitative estimate of drug-likeness (QED) is 0.370. The molecule has 5 heterocycles. The van der Waals surface area contributed by atoms with Crippen molar-refractivity contribution in [2.24, 2.45) is 26.8 Å². The van der Waals surface area contributed by atoms with E-state index in [1.807, 2.05) is 19.1 Å². The Bertz CT molecular complexity index is 1680. The van der Waals surface area contributed by atoms with E-state index in [2.05, 4.69) is 51.7 Å². The molecule has 8 bridgehead atoms. The lowest BCUT2D eigenvalue weighted by Gasteiger charge is -2.17. The van der Waals surface area contributed by atoms with Crippen molar-refractivity contribution in [2.75, 3.05) is 7.11 Å². The van der Waals surface area contributed by atoms with E-state index in [-0.39, 0.29) is 17.8 Å². The number of esters is 1. The van der Waals surface area contributed by atoms with Crippen LogP contribution in [0.4, 0.5) is 0 Å². The van der Waals surface area contributed by atoms with E-state index in [1.165, 1.54) is 12.7 Å². The van der Waals surface area contributed by atoms with E-state index in [4.69, 9.17) is 19.7 Å². The lowest BCUT2D eigenvalue weighted by atomic mass is 9.86. The number of hydrogen-bond donors (Lipinski definition) is 2. The topological polar surface area (TPSA) is 95.6 Å². The summed E-state index contributed by atoms with van der Waals surface area (Å²) in [4.78, 5) is 27.3. The number of rotatable bonds is 5. The van der Waals surface area contributed by atoms with E-state index in [0.717, 1.165) is 85.5 Å². The number of nitrogens with one attached hydrogen (secondary N) is 1. The van der Waals surface area contributed by atoms with Gasteiger partial charge in [-0.2, -0.15) is 0 Å². The van der Waals surface area contributed by atoms with Crippen LogP contribution in [0.2, 0.25) is 0 Å². The maximum absolute atomic E-state index is 12.2. The molecule has 1 aliphatic carbocycles. The second-order valence-corrected chi connectivity index (χ2v) is 11.3. The summed E-state index contributed by atoms with van der Waals surface area (Å²) in [6.07, 6.45) is 10.3. The summed E-state index contributed by atoms with van der Waals surface area (Å²) in [5.74, 6) is 0.238. The second-order valence-electron chi connectivity index (χ2n) is 11.3. The Morgan fingerprint density at radius 3 is 2.54 bits per heavy atom. The van der Waals surface area contributed by atoms with Gasteiger partial charge in [-0.1, -0.05) is 26.5 Å². The van der Waals surface area contributed by atoms with Crippen molar-refractivity contribution in [3.05, 3.63) is 104 Å². The zero-order valence-corrected chi connectivity index (χ0v) is 24.6. The number of carbonyl (C=O) groups is 1. The summed E-state index contributed by atoms with van der Waals surface area (Å²) >= 11 is 0. The zero-order valence-electron chi connectivity index (χ0n) is 24.6. The van der Waals surface area contributed by atoms with Crippen LogP contribution in [0.15, 0.2) is 119 Å². The van der Waals surface area contributed by atoms with Gasteiger partial charge in [-0.05, 0) is 74.1 Å². The minimum absolute atomic E-state index is 0.0371. The van der Waals surface area contributed by atoms with Gasteiger partial charge in [0, 0.05) is 52.8 Å². The fraction of sp³-hybridized carbons (Fsp3) is 0.353. The van der Waals surface area contributed by atoms with Crippen molar-refractivity contribution in [1.82, 2.24) is 5.32 Å². The van der Waals surface area contributed by atoms with Crippen LogP contribution < -0.4 is 5.32 Å². The molecule has 6 rings (SSSR count). The molecule has 0 aromatic rings.